The van der Waals surface area contributed by atoms with Crippen LogP contribution in [0.25, 0.3) is 0 Å². The molecule has 0 aromatic rings. The van der Waals surface area contributed by atoms with Crippen molar-refractivity contribution in [1.82, 2.24) is 5.32 Å². The Hall–Kier alpha value is -1.92. The minimum absolute atomic E-state index is 0.0699. The minimum Gasteiger partial charge on any atom is -0.462 e. The Morgan fingerprint density at radius 1 is 0.625 bits per heavy atom. The quantitative estimate of drug-likeness (QED) is 0.0353. The molecule has 0 fully saturated rings. The number of nitrogens with one attached hydrogen (secondary N) is 1. The van der Waals surface area contributed by atoms with Gasteiger partial charge < -0.3 is 20.3 Å². The number of allylic oxidation sites excluding steroid dienone is 6. The van der Waals surface area contributed by atoms with E-state index >= 15 is 0 Å². The SMILES string of the molecule is CC/C=C/C=C/C=C\CCCCCCCC(=O)OC(CCCCCCCCC)CC(=O)NC(CO)C(O)CCCCCCCCCCC. The van der Waals surface area contributed by atoms with E-state index in [1.54, 1.807) is 0 Å². The summed E-state index contributed by atoms with van der Waals surface area (Å²) in [7, 11) is 0. The first kappa shape index (κ1) is 46.1. The number of carbonyl (C=O) groups excluding carboxylic acids is 2. The minimum atomic E-state index is -0.784. The van der Waals surface area contributed by atoms with E-state index in [-0.39, 0.29) is 24.9 Å². The predicted octanol–water partition coefficient (Wildman–Crippen LogP) is 11.0. The first-order chi connectivity index (χ1) is 23.5. The molecule has 3 N–H and O–H groups in total. The van der Waals surface area contributed by atoms with Gasteiger partial charge in [0.05, 0.1) is 25.2 Å². The summed E-state index contributed by atoms with van der Waals surface area (Å²) in [4.78, 5) is 25.7. The third-order valence-corrected chi connectivity index (χ3v) is 9.04. The number of amides is 1. The van der Waals surface area contributed by atoms with Gasteiger partial charge in [-0.15, -0.1) is 0 Å². The zero-order valence-electron chi connectivity index (χ0n) is 31.6. The maximum absolute atomic E-state index is 13.0. The monoisotopic (exact) mass is 676 g/mol. The molecule has 0 rings (SSSR count). The van der Waals surface area contributed by atoms with E-state index in [1.165, 1.54) is 64.2 Å². The molecule has 0 bridgehead atoms. The van der Waals surface area contributed by atoms with E-state index in [0.717, 1.165) is 83.5 Å². The normalized spacial score (nSPS) is 13.9. The molecule has 0 aromatic heterocycles. The van der Waals surface area contributed by atoms with Gasteiger partial charge in [-0.2, -0.15) is 0 Å². The van der Waals surface area contributed by atoms with Gasteiger partial charge in [0.1, 0.15) is 6.10 Å². The fraction of sp³-hybridized carbons (Fsp3) is 0.810. The molecule has 0 heterocycles. The van der Waals surface area contributed by atoms with Crippen molar-refractivity contribution in [1.29, 1.82) is 0 Å². The van der Waals surface area contributed by atoms with Crippen LogP contribution in [0.2, 0.25) is 0 Å². The second-order valence-corrected chi connectivity index (χ2v) is 13.7. The maximum Gasteiger partial charge on any atom is 0.306 e. The van der Waals surface area contributed by atoms with Gasteiger partial charge in [0.15, 0.2) is 0 Å². The number of hydrogen-bond donors (Lipinski definition) is 3. The van der Waals surface area contributed by atoms with Gasteiger partial charge in [-0.25, -0.2) is 0 Å². The first-order valence-electron chi connectivity index (χ1n) is 20.2. The van der Waals surface area contributed by atoms with Crippen LogP contribution in [0.5, 0.6) is 0 Å². The topological polar surface area (TPSA) is 95.9 Å². The van der Waals surface area contributed by atoms with Crippen LogP contribution in [0.3, 0.4) is 0 Å². The molecular formula is C42H77NO5. The Balaban J connectivity index is 4.54. The standard InChI is InChI=1S/C42H77NO5/c1-4-7-10-13-16-18-19-20-21-23-26-29-32-35-42(47)48-38(33-30-27-24-15-12-9-6-3)36-41(46)43-39(37-44)40(45)34-31-28-25-22-17-14-11-8-5-2/h7,10,13,16,18-19,38-40,44-45H,4-6,8-9,11-12,14-15,17,20-37H2,1-3H3,(H,43,46)/b10-7+,16-13+,19-18-. The summed E-state index contributed by atoms with van der Waals surface area (Å²) in [6, 6.07) is -0.698. The molecule has 0 aromatic carbocycles. The highest BCUT2D eigenvalue weighted by molar-refractivity contribution is 5.77. The number of aliphatic hydroxyl groups excluding tert-OH is 2. The molecule has 0 aliphatic rings. The Kier molecular flexibility index (Phi) is 34.9. The second-order valence-electron chi connectivity index (χ2n) is 13.7. The lowest BCUT2D eigenvalue weighted by Crippen LogP contribution is -2.46. The van der Waals surface area contributed by atoms with Crippen LogP contribution in [0.15, 0.2) is 36.5 Å². The summed E-state index contributed by atoms with van der Waals surface area (Å²) < 4.78 is 5.84. The second kappa shape index (κ2) is 36.4. The van der Waals surface area contributed by atoms with E-state index in [9.17, 15) is 19.8 Å². The summed E-state index contributed by atoms with van der Waals surface area (Å²) in [5, 5.41) is 23.4. The van der Waals surface area contributed by atoms with E-state index < -0.39 is 18.2 Å². The van der Waals surface area contributed by atoms with Crippen molar-refractivity contribution < 1.29 is 24.5 Å². The average molecular weight is 676 g/mol. The highest BCUT2D eigenvalue weighted by Crippen LogP contribution is 2.17. The molecule has 1 amide bonds. The summed E-state index contributed by atoms with van der Waals surface area (Å²) in [5.74, 6) is -0.505. The molecule has 0 saturated carbocycles. The number of rotatable bonds is 35. The molecule has 0 spiro atoms. The van der Waals surface area contributed by atoms with Crippen LogP contribution in [0, 0.1) is 0 Å². The smallest absolute Gasteiger partial charge is 0.306 e. The average Bonchev–Trinajstić information content (AvgIpc) is 3.07. The van der Waals surface area contributed by atoms with E-state index in [2.05, 4.69) is 62.5 Å². The van der Waals surface area contributed by atoms with Gasteiger partial charge in [-0.3, -0.25) is 9.59 Å². The van der Waals surface area contributed by atoms with Gasteiger partial charge in [0.2, 0.25) is 5.91 Å². The Morgan fingerprint density at radius 3 is 1.69 bits per heavy atom. The van der Waals surface area contributed by atoms with Gasteiger partial charge in [0, 0.05) is 6.42 Å². The largest absolute Gasteiger partial charge is 0.462 e. The van der Waals surface area contributed by atoms with Crippen molar-refractivity contribution in [2.45, 2.75) is 212 Å². The van der Waals surface area contributed by atoms with Crippen LogP contribution in [0.4, 0.5) is 0 Å². The number of esters is 1. The van der Waals surface area contributed by atoms with Gasteiger partial charge >= 0.3 is 5.97 Å². The van der Waals surface area contributed by atoms with Gasteiger partial charge in [-0.1, -0.05) is 173 Å². The molecule has 0 aliphatic heterocycles. The number of aliphatic hydroxyl groups is 2. The first-order valence-corrected chi connectivity index (χ1v) is 20.2. The maximum atomic E-state index is 13.0. The highest BCUT2D eigenvalue weighted by atomic mass is 16.5. The summed E-state index contributed by atoms with van der Waals surface area (Å²) >= 11 is 0. The van der Waals surface area contributed by atoms with E-state index in [0.29, 0.717) is 19.3 Å². The predicted molar refractivity (Wildman–Crippen MR) is 204 cm³/mol. The van der Waals surface area contributed by atoms with Crippen LogP contribution in [-0.4, -0.2) is 46.9 Å². The van der Waals surface area contributed by atoms with Gasteiger partial charge in [0.25, 0.3) is 0 Å². The third kappa shape index (κ3) is 31.4. The zero-order chi connectivity index (χ0) is 35.3. The Labute approximate surface area is 296 Å². The van der Waals surface area contributed by atoms with Crippen LogP contribution in [-0.2, 0) is 14.3 Å². The van der Waals surface area contributed by atoms with Crippen molar-refractivity contribution in [3.05, 3.63) is 36.5 Å². The molecule has 3 unspecified atom stereocenters. The molecular weight excluding hydrogens is 598 g/mol. The van der Waals surface area contributed by atoms with Crippen molar-refractivity contribution in [3.8, 4) is 0 Å². The summed E-state index contributed by atoms with van der Waals surface area (Å²) in [6.07, 6.45) is 39.3. The Morgan fingerprint density at radius 2 is 1.12 bits per heavy atom. The zero-order valence-corrected chi connectivity index (χ0v) is 31.6. The lowest BCUT2D eigenvalue weighted by molar-refractivity contribution is -0.151. The highest BCUT2D eigenvalue weighted by Gasteiger charge is 2.24. The summed E-state index contributed by atoms with van der Waals surface area (Å²) in [6.45, 7) is 6.27. The third-order valence-electron chi connectivity index (χ3n) is 9.04. The van der Waals surface area contributed by atoms with Crippen LogP contribution < -0.4 is 5.32 Å². The number of ether oxygens (including phenoxy) is 1. The van der Waals surface area contributed by atoms with Gasteiger partial charge in [-0.05, 0) is 44.9 Å². The molecule has 3 atom stereocenters. The molecule has 6 nitrogen and oxygen atoms in total. The number of unbranched alkanes of at least 4 members (excludes halogenated alkanes) is 19. The van der Waals surface area contributed by atoms with Crippen molar-refractivity contribution in [3.63, 3.8) is 0 Å². The Bertz CT molecular complexity index is 808. The molecule has 0 saturated heterocycles. The van der Waals surface area contributed by atoms with Crippen LogP contribution in [0.1, 0.15) is 194 Å². The molecule has 280 valence electrons. The molecule has 6 heteroatoms. The molecule has 0 radical (unpaired) electrons. The lowest BCUT2D eigenvalue weighted by atomic mass is 10.0. The van der Waals surface area contributed by atoms with E-state index in [1.807, 2.05) is 0 Å². The number of hydrogen-bond acceptors (Lipinski definition) is 5. The van der Waals surface area contributed by atoms with Crippen molar-refractivity contribution >= 4 is 11.9 Å². The fourth-order valence-corrected chi connectivity index (χ4v) is 5.96. The van der Waals surface area contributed by atoms with Crippen molar-refractivity contribution in [2.75, 3.05) is 6.61 Å². The lowest BCUT2D eigenvalue weighted by Gasteiger charge is -2.24. The van der Waals surface area contributed by atoms with Crippen LogP contribution >= 0.6 is 0 Å². The molecule has 0 aliphatic carbocycles. The summed E-state index contributed by atoms with van der Waals surface area (Å²) in [5.41, 5.74) is 0. The molecule has 48 heavy (non-hydrogen) atoms. The van der Waals surface area contributed by atoms with E-state index in [4.69, 9.17) is 4.74 Å². The van der Waals surface area contributed by atoms with Crippen molar-refractivity contribution in [2.24, 2.45) is 0 Å². The fourth-order valence-electron chi connectivity index (χ4n) is 5.96. The number of carbonyl (C=O) groups is 2.